The van der Waals surface area contributed by atoms with Gasteiger partial charge in [-0.1, -0.05) is 6.92 Å². The quantitative estimate of drug-likeness (QED) is 0.704. The summed E-state index contributed by atoms with van der Waals surface area (Å²) >= 11 is 0. The fraction of sp³-hybridized carbons (Fsp3) is 0.923. The normalized spacial score (nSPS) is 32.6. The Labute approximate surface area is 138 Å². The molecular weight excluding hydrogens is 355 g/mol. The van der Waals surface area contributed by atoms with Crippen LogP contribution in [-0.2, 0) is 28.8 Å². The second kappa shape index (κ2) is 6.43. The molecule has 0 aromatic carbocycles. The molecular formula is C13H20F3NO6S. The molecule has 2 aliphatic rings. The van der Waals surface area contributed by atoms with Crippen LogP contribution < -0.4 is 4.72 Å². The molecule has 2 aliphatic heterocycles. The summed E-state index contributed by atoms with van der Waals surface area (Å²) in [4.78, 5) is 12.1. The van der Waals surface area contributed by atoms with E-state index in [1.807, 2.05) is 4.72 Å². The number of halogens is 3. The van der Waals surface area contributed by atoms with Crippen LogP contribution >= 0.6 is 0 Å². The topological polar surface area (TPSA) is 90.9 Å². The molecule has 2 rings (SSSR count). The number of carbonyl (C=O) groups excluding carboxylic acids is 1. The predicted molar refractivity (Wildman–Crippen MR) is 75.1 cm³/mol. The zero-order valence-electron chi connectivity index (χ0n) is 13.4. The molecule has 140 valence electrons. The number of ether oxygens (including phenoxy) is 2. The molecule has 1 N–H and O–H groups in total. The largest absolute Gasteiger partial charge is 0.456 e. The van der Waals surface area contributed by atoms with Crippen LogP contribution in [0.5, 0.6) is 0 Å². The van der Waals surface area contributed by atoms with Crippen LogP contribution in [0.1, 0.15) is 33.1 Å². The monoisotopic (exact) mass is 375 g/mol. The summed E-state index contributed by atoms with van der Waals surface area (Å²) in [7, 11) is -2.98. The van der Waals surface area contributed by atoms with Gasteiger partial charge >= 0.3 is 22.4 Å². The van der Waals surface area contributed by atoms with Crippen molar-refractivity contribution in [3.05, 3.63) is 0 Å². The second-order valence-electron chi connectivity index (χ2n) is 6.06. The fourth-order valence-electron chi connectivity index (χ4n) is 2.76. The molecule has 0 aromatic heterocycles. The Hall–Kier alpha value is -0.910. The van der Waals surface area contributed by atoms with E-state index < -0.39 is 58.7 Å². The molecule has 11 heteroatoms. The van der Waals surface area contributed by atoms with E-state index >= 15 is 0 Å². The van der Waals surface area contributed by atoms with Crippen molar-refractivity contribution in [3.63, 3.8) is 0 Å². The third kappa shape index (κ3) is 3.39. The zero-order chi connectivity index (χ0) is 18.3. The lowest BCUT2D eigenvalue weighted by molar-refractivity contribution is -0.235. The lowest BCUT2D eigenvalue weighted by Gasteiger charge is -2.33. The highest BCUT2D eigenvalue weighted by atomic mass is 32.2. The summed E-state index contributed by atoms with van der Waals surface area (Å²) in [6.45, 7) is 1.98. The maximum atomic E-state index is 13.2. The van der Waals surface area contributed by atoms with Crippen molar-refractivity contribution in [1.29, 1.82) is 0 Å². The first-order valence-electron chi connectivity index (χ1n) is 7.50. The van der Waals surface area contributed by atoms with Gasteiger partial charge in [0.1, 0.15) is 6.10 Å². The summed E-state index contributed by atoms with van der Waals surface area (Å²) in [5.74, 6) is -1.46. The van der Waals surface area contributed by atoms with Gasteiger partial charge in [0.15, 0.2) is 11.5 Å². The van der Waals surface area contributed by atoms with Crippen LogP contribution in [0.4, 0.5) is 13.2 Å². The maximum absolute atomic E-state index is 13.2. The highest BCUT2D eigenvalue weighted by Gasteiger charge is 2.60. The molecule has 0 aliphatic carbocycles. The van der Waals surface area contributed by atoms with E-state index in [4.69, 9.17) is 13.7 Å². The third-order valence-corrected chi connectivity index (χ3v) is 5.63. The van der Waals surface area contributed by atoms with Crippen molar-refractivity contribution < 1.29 is 40.0 Å². The van der Waals surface area contributed by atoms with Gasteiger partial charge in [-0.05, 0) is 26.2 Å². The number of carbonyl (C=O) groups is 1. The van der Waals surface area contributed by atoms with Gasteiger partial charge in [0.05, 0.1) is 12.2 Å². The highest BCUT2D eigenvalue weighted by molar-refractivity contribution is 7.84. The van der Waals surface area contributed by atoms with E-state index in [0.29, 0.717) is 12.8 Å². The van der Waals surface area contributed by atoms with Crippen LogP contribution in [0.3, 0.4) is 0 Å². The molecule has 0 amide bonds. The van der Waals surface area contributed by atoms with Crippen molar-refractivity contribution >= 4 is 16.3 Å². The first kappa shape index (κ1) is 19.4. The minimum absolute atomic E-state index is 0.455. The van der Waals surface area contributed by atoms with E-state index in [-0.39, 0.29) is 0 Å². The molecule has 2 fully saturated rings. The second-order valence-corrected chi connectivity index (χ2v) is 7.57. The Morgan fingerprint density at radius 1 is 1.25 bits per heavy atom. The van der Waals surface area contributed by atoms with Crippen LogP contribution in [0.25, 0.3) is 0 Å². The van der Waals surface area contributed by atoms with Crippen LogP contribution in [0.2, 0.25) is 0 Å². The summed E-state index contributed by atoms with van der Waals surface area (Å²) < 4.78 is 80.0. The SMILES string of the molecule is CCC(C)(C(=O)OC1C2CCC(O2)C1OS(=O)(=O)NC)C(F)(F)F. The van der Waals surface area contributed by atoms with Crippen LogP contribution in [0, 0.1) is 5.41 Å². The predicted octanol–water partition coefficient (Wildman–Crippen LogP) is 1.29. The average molecular weight is 375 g/mol. The van der Waals surface area contributed by atoms with Crippen molar-refractivity contribution in [2.75, 3.05) is 7.05 Å². The van der Waals surface area contributed by atoms with E-state index in [1.165, 1.54) is 6.92 Å². The number of hydrogen-bond donors (Lipinski definition) is 1. The molecule has 24 heavy (non-hydrogen) atoms. The molecule has 5 unspecified atom stereocenters. The minimum Gasteiger partial charge on any atom is -0.456 e. The maximum Gasteiger partial charge on any atom is 0.404 e. The van der Waals surface area contributed by atoms with Gasteiger partial charge in [-0.15, -0.1) is 0 Å². The summed E-state index contributed by atoms with van der Waals surface area (Å²) in [5.41, 5.74) is -2.68. The zero-order valence-corrected chi connectivity index (χ0v) is 14.2. The van der Waals surface area contributed by atoms with Crippen LogP contribution in [0.15, 0.2) is 0 Å². The van der Waals surface area contributed by atoms with Gasteiger partial charge in [0.2, 0.25) is 0 Å². The molecule has 0 aromatic rings. The number of hydrogen-bond acceptors (Lipinski definition) is 6. The standard InChI is InChI=1S/C13H20F3NO6S/c1-4-12(2,13(14,15)16)11(18)22-9-7-5-6-8(21-7)10(9)23-24(19,20)17-3/h7-10,17H,4-6H2,1-3H3. The summed E-state index contributed by atoms with van der Waals surface area (Å²) in [6, 6.07) is 0. The minimum atomic E-state index is -4.79. The first-order valence-corrected chi connectivity index (χ1v) is 8.91. The Balaban J connectivity index is 2.19. The van der Waals surface area contributed by atoms with Gasteiger partial charge < -0.3 is 9.47 Å². The van der Waals surface area contributed by atoms with Crippen molar-refractivity contribution in [3.8, 4) is 0 Å². The van der Waals surface area contributed by atoms with E-state index in [2.05, 4.69) is 0 Å². The summed E-state index contributed by atoms with van der Waals surface area (Å²) in [6.07, 6.45) is -8.04. The van der Waals surface area contributed by atoms with Crippen molar-refractivity contribution in [2.45, 2.75) is 63.7 Å². The van der Waals surface area contributed by atoms with Gasteiger partial charge in [-0.2, -0.15) is 26.3 Å². The molecule has 0 spiro atoms. The molecule has 2 saturated heterocycles. The fourth-order valence-corrected chi connectivity index (χ4v) is 3.39. The lowest BCUT2D eigenvalue weighted by atomic mass is 9.86. The van der Waals surface area contributed by atoms with E-state index in [1.54, 1.807) is 0 Å². The van der Waals surface area contributed by atoms with E-state index in [0.717, 1.165) is 14.0 Å². The smallest absolute Gasteiger partial charge is 0.404 e. The molecule has 0 radical (unpaired) electrons. The molecule has 0 saturated carbocycles. The number of fused-ring (bicyclic) bond motifs is 2. The van der Waals surface area contributed by atoms with Gasteiger partial charge in [-0.3, -0.25) is 4.79 Å². The number of nitrogens with one attached hydrogen (secondary N) is 1. The van der Waals surface area contributed by atoms with Gasteiger partial charge in [0, 0.05) is 7.05 Å². The van der Waals surface area contributed by atoms with Gasteiger partial charge in [0.25, 0.3) is 0 Å². The molecule has 7 nitrogen and oxygen atoms in total. The van der Waals surface area contributed by atoms with E-state index in [9.17, 15) is 26.4 Å². The Bertz CT molecular complexity index is 595. The Morgan fingerprint density at radius 2 is 1.79 bits per heavy atom. The average Bonchev–Trinajstić information content (AvgIpc) is 3.07. The lowest BCUT2D eigenvalue weighted by Crippen LogP contribution is -2.49. The van der Waals surface area contributed by atoms with Crippen molar-refractivity contribution in [1.82, 2.24) is 4.72 Å². The van der Waals surface area contributed by atoms with Crippen LogP contribution in [-0.4, -0.2) is 52.0 Å². The molecule has 5 atom stereocenters. The Kier molecular flexibility index (Phi) is 5.20. The number of rotatable bonds is 6. The number of esters is 1. The first-order chi connectivity index (χ1) is 10.9. The number of alkyl halides is 3. The third-order valence-electron chi connectivity index (χ3n) is 4.66. The highest BCUT2D eigenvalue weighted by Crippen LogP contribution is 2.44. The Morgan fingerprint density at radius 3 is 2.25 bits per heavy atom. The van der Waals surface area contributed by atoms with Crippen molar-refractivity contribution in [2.24, 2.45) is 5.41 Å². The summed E-state index contributed by atoms with van der Waals surface area (Å²) in [5, 5.41) is 0. The molecule has 2 heterocycles. The molecule has 2 bridgehead atoms. The van der Waals surface area contributed by atoms with Gasteiger partial charge in [-0.25, -0.2) is 4.18 Å².